The molecule has 7 aliphatic rings. The maximum Gasteiger partial charge on any atom is 0.319 e. The summed E-state index contributed by atoms with van der Waals surface area (Å²) in [5, 5.41) is 19.1. The molecule has 3 aromatic carbocycles. The van der Waals surface area contributed by atoms with E-state index in [1.165, 1.54) is 12.8 Å². The highest BCUT2D eigenvalue weighted by atomic mass is 19.1. The highest BCUT2D eigenvalue weighted by molar-refractivity contribution is 6.06. The topological polar surface area (TPSA) is 160 Å². The number of halogens is 1. The Hall–Kier alpha value is -5.97. The molecule has 2 bridgehead atoms. The molecule has 1 spiro atoms. The number of fused-ring (bicyclic) bond motifs is 5. The molecule has 16 heteroatoms. The van der Waals surface area contributed by atoms with E-state index in [1.54, 1.807) is 23.2 Å². The number of carbonyl (C=O) groups is 3. The smallest absolute Gasteiger partial charge is 0.319 e. The first-order valence-corrected chi connectivity index (χ1v) is 25.3. The van der Waals surface area contributed by atoms with E-state index in [4.69, 9.17) is 19.7 Å². The zero-order valence-electron chi connectivity index (χ0n) is 39.4. The SMILES string of the molecule is CCc1cccc2cc(O)cc(-c3ncc4c(N5CC6CCC(C5)N6)nc(OCCN5CCC(CN6CCC7(CC6)CN(c6cccc8c6CN(C6CCC(=O)NC6=O)C8=O)C7)CC5)nc4c3F)c12. The van der Waals surface area contributed by atoms with Crippen molar-refractivity contribution in [3.05, 3.63) is 77.2 Å². The maximum absolute atomic E-state index is 17.1. The minimum Gasteiger partial charge on any atom is -0.508 e. The molecule has 7 aliphatic heterocycles. The fraction of sp³-hybridized carbons (Fsp3) is 0.509. The van der Waals surface area contributed by atoms with Gasteiger partial charge < -0.3 is 34.8 Å². The minimum absolute atomic E-state index is 0.0548. The number of piperazine rings is 1. The van der Waals surface area contributed by atoms with Crippen molar-refractivity contribution in [2.24, 2.45) is 11.3 Å². The van der Waals surface area contributed by atoms with E-state index in [1.807, 2.05) is 30.3 Å². The van der Waals surface area contributed by atoms with E-state index >= 15 is 4.39 Å². The minimum atomic E-state index is -0.608. The molecule has 0 radical (unpaired) electrons. The number of benzene rings is 3. The lowest BCUT2D eigenvalue weighted by atomic mass is 9.71. The van der Waals surface area contributed by atoms with Crippen LogP contribution in [0.1, 0.15) is 79.8 Å². The zero-order valence-corrected chi connectivity index (χ0v) is 39.4. The van der Waals surface area contributed by atoms with Crippen molar-refractivity contribution in [3.63, 3.8) is 0 Å². The molecule has 6 fully saturated rings. The molecule has 5 aromatic rings. The molecule has 12 rings (SSSR count). The third-order valence-electron chi connectivity index (χ3n) is 16.6. The van der Waals surface area contributed by atoms with E-state index in [0.29, 0.717) is 65.3 Å². The van der Waals surface area contributed by atoms with Crippen LogP contribution < -0.4 is 25.2 Å². The molecule has 69 heavy (non-hydrogen) atoms. The summed E-state index contributed by atoms with van der Waals surface area (Å²) >= 11 is 0. The van der Waals surface area contributed by atoms with Crippen LogP contribution in [0.15, 0.2) is 54.7 Å². The second-order valence-corrected chi connectivity index (χ2v) is 20.9. The van der Waals surface area contributed by atoms with Crippen molar-refractivity contribution in [3.8, 4) is 23.0 Å². The van der Waals surface area contributed by atoms with E-state index in [0.717, 1.165) is 125 Å². The van der Waals surface area contributed by atoms with Gasteiger partial charge in [-0.05, 0) is 124 Å². The number of rotatable bonds is 11. The molecule has 0 saturated carbocycles. The Balaban J connectivity index is 0.657. The van der Waals surface area contributed by atoms with E-state index in [-0.39, 0.29) is 47.1 Å². The van der Waals surface area contributed by atoms with Crippen LogP contribution in [-0.4, -0.2) is 143 Å². The summed E-state index contributed by atoms with van der Waals surface area (Å²) < 4.78 is 23.4. The normalized spacial score (nSPS) is 24.1. The van der Waals surface area contributed by atoms with Crippen LogP contribution in [0.3, 0.4) is 0 Å². The number of nitrogens with one attached hydrogen (secondary N) is 2. The fourth-order valence-electron chi connectivity index (χ4n) is 12.8. The average molecular weight is 937 g/mol. The van der Waals surface area contributed by atoms with Gasteiger partial charge >= 0.3 is 6.01 Å². The lowest BCUT2D eigenvalue weighted by molar-refractivity contribution is -0.136. The highest BCUT2D eigenvalue weighted by Crippen LogP contribution is 2.46. The van der Waals surface area contributed by atoms with Crippen molar-refractivity contribution >= 4 is 50.9 Å². The van der Waals surface area contributed by atoms with Gasteiger partial charge in [0.2, 0.25) is 11.8 Å². The Morgan fingerprint density at radius 2 is 1.67 bits per heavy atom. The predicted molar refractivity (Wildman–Crippen MR) is 261 cm³/mol. The number of anilines is 2. The van der Waals surface area contributed by atoms with Gasteiger partial charge in [-0.15, -0.1) is 0 Å². The van der Waals surface area contributed by atoms with Crippen LogP contribution in [0.4, 0.5) is 15.9 Å². The molecule has 6 saturated heterocycles. The quantitative estimate of drug-likeness (QED) is 0.140. The Morgan fingerprint density at radius 3 is 2.43 bits per heavy atom. The molecule has 15 nitrogen and oxygen atoms in total. The summed E-state index contributed by atoms with van der Waals surface area (Å²) in [5.41, 5.74) is 4.98. The van der Waals surface area contributed by atoms with Crippen molar-refractivity contribution in [2.45, 2.75) is 89.4 Å². The van der Waals surface area contributed by atoms with Gasteiger partial charge in [0.1, 0.15) is 35.4 Å². The lowest BCUT2D eigenvalue weighted by Gasteiger charge is -2.55. The monoisotopic (exact) mass is 936 g/mol. The van der Waals surface area contributed by atoms with Crippen LogP contribution >= 0.6 is 0 Å². The van der Waals surface area contributed by atoms with Crippen LogP contribution in [0.5, 0.6) is 11.8 Å². The maximum atomic E-state index is 17.1. The molecule has 3 atom stereocenters. The van der Waals surface area contributed by atoms with Gasteiger partial charge in [0.25, 0.3) is 5.91 Å². The summed E-state index contributed by atoms with van der Waals surface area (Å²) in [6.07, 6.45) is 9.86. The second kappa shape index (κ2) is 17.8. The van der Waals surface area contributed by atoms with Crippen LogP contribution in [-0.2, 0) is 22.6 Å². The van der Waals surface area contributed by atoms with Gasteiger partial charge in [0.15, 0.2) is 5.82 Å². The number of pyridine rings is 1. The summed E-state index contributed by atoms with van der Waals surface area (Å²) in [4.78, 5) is 63.7. The number of amides is 3. The molecule has 360 valence electrons. The van der Waals surface area contributed by atoms with Crippen molar-refractivity contribution in [1.29, 1.82) is 0 Å². The number of piperidine rings is 3. The first-order chi connectivity index (χ1) is 33.6. The third-order valence-corrected chi connectivity index (χ3v) is 16.6. The summed E-state index contributed by atoms with van der Waals surface area (Å²) in [7, 11) is 0. The fourth-order valence-corrected chi connectivity index (χ4v) is 12.8. The van der Waals surface area contributed by atoms with Gasteiger partial charge in [0.05, 0.1) is 5.39 Å². The molecular formula is C53H61FN10O5. The number of carbonyl (C=O) groups excluding carboxylic acids is 3. The summed E-state index contributed by atoms with van der Waals surface area (Å²) in [5.74, 6) is 0.0322. The number of phenols is 1. The lowest BCUT2D eigenvalue weighted by Crippen LogP contribution is -2.61. The van der Waals surface area contributed by atoms with Crippen LogP contribution in [0, 0.1) is 17.2 Å². The van der Waals surface area contributed by atoms with Gasteiger partial charge in [-0.2, -0.15) is 9.97 Å². The number of phenolic OH excluding ortho intramolecular Hbond substituents is 1. The molecule has 2 aromatic heterocycles. The van der Waals surface area contributed by atoms with Crippen molar-refractivity contribution in [2.75, 3.05) is 81.9 Å². The van der Waals surface area contributed by atoms with Gasteiger partial charge in [0, 0.05) is 98.3 Å². The molecule has 9 heterocycles. The van der Waals surface area contributed by atoms with Gasteiger partial charge in [-0.1, -0.05) is 31.2 Å². The Bertz CT molecular complexity index is 2840. The average Bonchev–Trinajstić information content (AvgIpc) is 3.87. The summed E-state index contributed by atoms with van der Waals surface area (Å²) in [6, 6.07) is 15.4. The molecule has 3 amide bonds. The van der Waals surface area contributed by atoms with E-state index < -0.39 is 11.9 Å². The van der Waals surface area contributed by atoms with Crippen LogP contribution in [0.2, 0.25) is 0 Å². The van der Waals surface area contributed by atoms with Gasteiger partial charge in [-0.3, -0.25) is 29.6 Å². The number of ether oxygens (including phenoxy) is 1. The Kier molecular flexibility index (Phi) is 11.4. The number of aromatic hydroxyl groups is 1. The number of aromatic nitrogens is 3. The first-order valence-electron chi connectivity index (χ1n) is 25.3. The van der Waals surface area contributed by atoms with Crippen LogP contribution in [0.25, 0.3) is 32.9 Å². The third kappa shape index (κ3) is 8.21. The summed E-state index contributed by atoms with van der Waals surface area (Å²) in [6.45, 7) is 12.4. The number of imide groups is 1. The van der Waals surface area contributed by atoms with Gasteiger partial charge in [-0.25, -0.2) is 4.39 Å². The highest BCUT2D eigenvalue weighted by Gasteiger charge is 2.47. The van der Waals surface area contributed by atoms with E-state index in [9.17, 15) is 19.5 Å². The number of hydrogen-bond acceptors (Lipinski definition) is 13. The Morgan fingerprint density at radius 1 is 0.884 bits per heavy atom. The molecular weight excluding hydrogens is 876 g/mol. The largest absolute Gasteiger partial charge is 0.508 e. The Labute approximate surface area is 401 Å². The number of aryl methyl sites for hydroxylation is 1. The zero-order chi connectivity index (χ0) is 47.0. The second-order valence-electron chi connectivity index (χ2n) is 20.9. The predicted octanol–water partition coefficient (Wildman–Crippen LogP) is 5.65. The number of likely N-dealkylation sites (tertiary alicyclic amines) is 2. The first kappa shape index (κ1) is 44.3. The standard InChI is InChI=1S/C53H61FN10O5/c1-2-33-5-3-6-34-23-37(65)24-39(45(33)34)47-46(54)48-40(25-55-47)49(62-27-35-9-10-36(28-62)56-35)59-52(58-48)69-22-21-60-17-13-32(14-18-60)26-61-19-15-53(16-20-61)30-63(31-53)42-8-4-7-38-41(42)29-64(51(38)68)43-11-12-44(66)57-50(43)67/h3-8,23-25,32,35-36,43,56,65H,2,9-22,26-31H2,1H3,(H,57,66,67). The molecule has 3 unspecified atom stereocenters. The van der Waals surface area contributed by atoms with Crippen molar-refractivity contribution < 1.29 is 28.6 Å². The molecule has 3 N–H and O–H groups in total. The van der Waals surface area contributed by atoms with Crippen molar-refractivity contribution in [1.82, 2.24) is 40.3 Å². The van der Waals surface area contributed by atoms with E-state index in [2.05, 4.69) is 43.2 Å². The number of hydrogen-bond donors (Lipinski definition) is 3. The number of nitrogens with zero attached hydrogens (tertiary/aromatic N) is 8. The molecule has 0 aliphatic carbocycles.